The SMILES string of the molecule is CC(=O)N[C@H](Cc1cccc(F)c1)C(=O)N[C@@H](Cc1ccc(B2OC(C)(C)C(C)(C)O2)cc1)C(=O)O. The van der Waals surface area contributed by atoms with Crippen molar-refractivity contribution in [3.05, 3.63) is 65.5 Å². The molecule has 0 aliphatic carbocycles. The van der Waals surface area contributed by atoms with Gasteiger partial charge in [-0.2, -0.15) is 0 Å². The number of amides is 2. The van der Waals surface area contributed by atoms with E-state index in [1.165, 1.54) is 25.1 Å². The highest BCUT2D eigenvalue weighted by molar-refractivity contribution is 6.62. The zero-order valence-corrected chi connectivity index (χ0v) is 21.1. The van der Waals surface area contributed by atoms with E-state index >= 15 is 0 Å². The molecule has 1 fully saturated rings. The molecule has 2 aromatic rings. The van der Waals surface area contributed by atoms with E-state index in [0.29, 0.717) is 11.1 Å². The number of carbonyl (C=O) groups excluding carboxylic acids is 2. The summed E-state index contributed by atoms with van der Waals surface area (Å²) in [7, 11) is -0.541. The molecule has 3 rings (SSSR count). The van der Waals surface area contributed by atoms with E-state index in [2.05, 4.69) is 10.6 Å². The molecule has 2 amide bonds. The summed E-state index contributed by atoms with van der Waals surface area (Å²) in [5.74, 6) is -2.82. The summed E-state index contributed by atoms with van der Waals surface area (Å²) in [5.41, 5.74) is 1.02. The Kier molecular flexibility index (Phi) is 8.21. The van der Waals surface area contributed by atoms with E-state index in [9.17, 15) is 23.9 Å². The number of carboxylic acid groups (broad SMARTS) is 1. The predicted molar refractivity (Wildman–Crippen MR) is 133 cm³/mol. The lowest BCUT2D eigenvalue weighted by atomic mass is 9.78. The van der Waals surface area contributed by atoms with Crippen LogP contribution in [0.1, 0.15) is 45.7 Å². The van der Waals surface area contributed by atoms with E-state index < -0.39 is 54.0 Å². The van der Waals surface area contributed by atoms with Gasteiger partial charge in [-0.05, 0) is 56.4 Å². The quantitative estimate of drug-likeness (QED) is 0.456. The number of nitrogens with one attached hydrogen (secondary N) is 2. The molecular formula is C26H32BFN2O6. The largest absolute Gasteiger partial charge is 0.494 e. The number of halogens is 1. The number of rotatable bonds is 9. The molecule has 8 nitrogen and oxygen atoms in total. The van der Waals surface area contributed by atoms with Crippen molar-refractivity contribution in [2.75, 3.05) is 0 Å². The molecule has 0 bridgehead atoms. The summed E-state index contributed by atoms with van der Waals surface area (Å²) in [6.07, 6.45) is 0.0375. The number of carbonyl (C=O) groups is 3. The van der Waals surface area contributed by atoms with Gasteiger partial charge in [0.05, 0.1) is 11.2 Å². The summed E-state index contributed by atoms with van der Waals surface area (Å²) in [5, 5.41) is 14.7. The van der Waals surface area contributed by atoms with Crippen molar-refractivity contribution in [3.8, 4) is 0 Å². The van der Waals surface area contributed by atoms with E-state index in [4.69, 9.17) is 9.31 Å². The molecule has 1 aliphatic rings. The predicted octanol–water partition coefficient (Wildman–Crippen LogP) is 1.98. The Morgan fingerprint density at radius 3 is 2.03 bits per heavy atom. The van der Waals surface area contributed by atoms with Crippen molar-refractivity contribution in [1.82, 2.24) is 10.6 Å². The van der Waals surface area contributed by atoms with Crippen LogP contribution >= 0.6 is 0 Å². The smallest absolute Gasteiger partial charge is 0.480 e. The molecule has 0 saturated carbocycles. The first-order chi connectivity index (χ1) is 16.8. The maximum absolute atomic E-state index is 13.6. The van der Waals surface area contributed by atoms with Crippen LogP contribution in [0.4, 0.5) is 4.39 Å². The van der Waals surface area contributed by atoms with Crippen LogP contribution in [0, 0.1) is 5.82 Å². The van der Waals surface area contributed by atoms with Gasteiger partial charge in [0.25, 0.3) is 0 Å². The second kappa shape index (κ2) is 10.8. The molecule has 2 atom stereocenters. The van der Waals surface area contributed by atoms with Gasteiger partial charge in [-0.25, -0.2) is 9.18 Å². The molecule has 0 aromatic heterocycles. The van der Waals surface area contributed by atoms with Crippen molar-refractivity contribution in [1.29, 1.82) is 0 Å². The minimum absolute atomic E-state index is 0.0122. The monoisotopic (exact) mass is 498 g/mol. The van der Waals surface area contributed by atoms with Gasteiger partial charge in [0, 0.05) is 19.8 Å². The Morgan fingerprint density at radius 2 is 1.50 bits per heavy atom. The molecule has 3 N–H and O–H groups in total. The first kappa shape index (κ1) is 27.4. The number of hydrogen-bond donors (Lipinski definition) is 3. The van der Waals surface area contributed by atoms with E-state index in [0.717, 1.165) is 5.46 Å². The van der Waals surface area contributed by atoms with Gasteiger partial charge in [0.1, 0.15) is 17.9 Å². The van der Waals surface area contributed by atoms with Crippen LogP contribution in [-0.2, 0) is 36.5 Å². The Labute approximate surface area is 210 Å². The molecule has 2 aromatic carbocycles. The van der Waals surface area contributed by atoms with Crippen LogP contribution < -0.4 is 16.1 Å². The van der Waals surface area contributed by atoms with Gasteiger partial charge >= 0.3 is 13.1 Å². The molecule has 1 saturated heterocycles. The van der Waals surface area contributed by atoms with Crippen molar-refractivity contribution in [3.63, 3.8) is 0 Å². The van der Waals surface area contributed by atoms with Crippen molar-refractivity contribution in [2.24, 2.45) is 0 Å². The highest BCUT2D eigenvalue weighted by atomic mass is 19.1. The fraction of sp³-hybridized carbons (Fsp3) is 0.423. The second-order valence-electron chi connectivity index (χ2n) is 10.0. The second-order valence-corrected chi connectivity index (χ2v) is 10.0. The normalized spacial score (nSPS) is 17.8. The first-order valence-electron chi connectivity index (χ1n) is 11.8. The highest BCUT2D eigenvalue weighted by Crippen LogP contribution is 2.36. The summed E-state index contributed by atoms with van der Waals surface area (Å²) in [6, 6.07) is 10.5. The van der Waals surface area contributed by atoms with Gasteiger partial charge in [-0.1, -0.05) is 36.4 Å². The summed E-state index contributed by atoms with van der Waals surface area (Å²) in [4.78, 5) is 36.5. The average Bonchev–Trinajstić information content (AvgIpc) is 2.99. The van der Waals surface area contributed by atoms with Gasteiger partial charge in [0.15, 0.2) is 0 Å². The first-order valence-corrected chi connectivity index (χ1v) is 11.8. The molecule has 0 unspecified atom stereocenters. The third-order valence-corrected chi connectivity index (χ3v) is 6.58. The topological polar surface area (TPSA) is 114 Å². The lowest BCUT2D eigenvalue weighted by Gasteiger charge is -2.32. The van der Waals surface area contributed by atoms with Crippen LogP contribution in [0.25, 0.3) is 0 Å². The van der Waals surface area contributed by atoms with Crippen molar-refractivity contribution in [2.45, 2.75) is 70.7 Å². The van der Waals surface area contributed by atoms with Crippen LogP contribution in [0.15, 0.2) is 48.5 Å². The molecular weight excluding hydrogens is 466 g/mol. The lowest BCUT2D eigenvalue weighted by molar-refractivity contribution is -0.142. The summed E-state index contributed by atoms with van der Waals surface area (Å²) < 4.78 is 25.7. The number of hydrogen-bond acceptors (Lipinski definition) is 5. The van der Waals surface area contributed by atoms with Crippen LogP contribution in [0.3, 0.4) is 0 Å². The van der Waals surface area contributed by atoms with E-state index in [1.54, 1.807) is 18.2 Å². The summed E-state index contributed by atoms with van der Waals surface area (Å²) in [6.45, 7) is 9.10. The molecule has 10 heteroatoms. The summed E-state index contributed by atoms with van der Waals surface area (Å²) >= 11 is 0. The number of benzene rings is 2. The number of carboxylic acids is 1. The fourth-order valence-electron chi connectivity index (χ4n) is 3.85. The van der Waals surface area contributed by atoms with Gasteiger partial charge in [0.2, 0.25) is 11.8 Å². The maximum Gasteiger partial charge on any atom is 0.494 e. The van der Waals surface area contributed by atoms with E-state index in [1.807, 2.05) is 39.8 Å². The van der Waals surface area contributed by atoms with Gasteiger partial charge in [-0.15, -0.1) is 0 Å². The Morgan fingerprint density at radius 1 is 0.917 bits per heavy atom. The Balaban J connectivity index is 1.69. The molecule has 0 radical (unpaired) electrons. The van der Waals surface area contributed by atoms with Crippen molar-refractivity contribution >= 4 is 30.4 Å². The third-order valence-electron chi connectivity index (χ3n) is 6.58. The molecule has 1 heterocycles. The molecule has 36 heavy (non-hydrogen) atoms. The van der Waals surface area contributed by atoms with Crippen molar-refractivity contribution < 1.29 is 33.2 Å². The fourth-order valence-corrected chi connectivity index (χ4v) is 3.85. The molecule has 1 aliphatic heterocycles. The van der Waals surface area contributed by atoms with Crippen LogP contribution in [0.5, 0.6) is 0 Å². The maximum atomic E-state index is 13.6. The van der Waals surface area contributed by atoms with E-state index in [-0.39, 0.29) is 12.8 Å². The van der Waals surface area contributed by atoms with Crippen LogP contribution in [-0.4, -0.2) is 53.3 Å². The average molecular weight is 498 g/mol. The van der Waals surface area contributed by atoms with Gasteiger partial charge in [-0.3, -0.25) is 9.59 Å². The van der Waals surface area contributed by atoms with Gasteiger partial charge < -0.3 is 25.0 Å². The zero-order valence-electron chi connectivity index (χ0n) is 21.1. The third kappa shape index (κ3) is 6.70. The minimum atomic E-state index is -1.23. The standard InChI is InChI=1S/C26H32BFN2O6/c1-16(31)29-21(15-18-7-6-8-20(28)13-18)23(32)30-22(24(33)34)14-17-9-11-19(12-10-17)27-35-25(2,3)26(4,5)36-27/h6-13,21-22H,14-15H2,1-5H3,(H,29,31)(H,30,32)(H,33,34)/t21-,22+/m1/s1. The number of aliphatic carboxylic acids is 1. The zero-order chi connectivity index (χ0) is 26.7. The molecule has 192 valence electrons. The lowest BCUT2D eigenvalue weighted by Crippen LogP contribution is -2.52. The Bertz CT molecular complexity index is 1110. The minimum Gasteiger partial charge on any atom is -0.480 e. The van der Waals surface area contributed by atoms with Crippen LogP contribution in [0.2, 0.25) is 0 Å². The Hall–Kier alpha value is -3.24. The molecule has 0 spiro atoms. The highest BCUT2D eigenvalue weighted by Gasteiger charge is 2.51.